The molecule has 0 saturated carbocycles. The van der Waals surface area contributed by atoms with E-state index in [-0.39, 0.29) is 5.91 Å². The van der Waals surface area contributed by atoms with Gasteiger partial charge in [0.1, 0.15) is 0 Å². The first-order valence-electron chi connectivity index (χ1n) is 8.12. The van der Waals surface area contributed by atoms with Gasteiger partial charge in [0.25, 0.3) is 0 Å². The fourth-order valence-electron chi connectivity index (χ4n) is 2.88. The summed E-state index contributed by atoms with van der Waals surface area (Å²) in [4.78, 5) is 14.4. The maximum atomic E-state index is 12.2. The van der Waals surface area contributed by atoms with Crippen molar-refractivity contribution in [3.63, 3.8) is 0 Å². The Balaban J connectivity index is 1.58. The van der Waals surface area contributed by atoms with E-state index in [1.54, 1.807) is 0 Å². The monoisotopic (exact) mass is 309 g/mol. The molecule has 2 aromatic carbocycles. The molecule has 1 fully saturated rings. The molecular weight excluding hydrogens is 286 g/mol. The molecule has 0 bridgehead atoms. The number of benzene rings is 2. The average molecular weight is 309 g/mol. The van der Waals surface area contributed by atoms with Crippen LogP contribution in [-0.2, 0) is 4.79 Å². The zero-order valence-electron chi connectivity index (χ0n) is 13.5. The van der Waals surface area contributed by atoms with E-state index in [1.165, 1.54) is 5.56 Å². The third-order valence-corrected chi connectivity index (χ3v) is 4.26. The maximum absolute atomic E-state index is 12.2. The van der Waals surface area contributed by atoms with Gasteiger partial charge in [0.05, 0.1) is 6.54 Å². The van der Waals surface area contributed by atoms with E-state index >= 15 is 0 Å². The summed E-state index contributed by atoms with van der Waals surface area (Å²) in [6, 6.07) is 18.6. The summed E-state index contributed by atoms with van der Waals surface area (Å²) in [5.41, 5.74) is 3.18. The van der Waals surface area contributed by atoms with Crippen LogP contribution < -0.4 is 10.6 Å². The van der Waals surface area contributed by atoms with Crippen LogP contribution in [0.25, 0.3) is 11.1 Å². The Bertz CT molecular complexity index is 639. The summed E-state index contributed by atoms with van der Waals surface area (Å²) >= 11 is 0. The molecule has 1 aliphatic rings. The molecule has 0 aliphatic carbocycles. The molecule has 1 atom stereocenters. The van der Waals surface area contributed by atoms with Crippen molar-refractivity contribution in [2.75, 3.05) is 31.5 Å². The van der Waals surface area contributed by atoms with Gasteiger partial charge in [-0.05, 0) is 30.2 Å². The fourth-order valence-corrected chi connectivity index (χ4v) is 2.88. The standard InChI is InChI=1S/C19H23N3O/c1-15-13-20-11-12-22(15)14-19(23)21-18-9-7-17(8-10-18)16-5-3-2-4-6-16/h2-10,15,20H,11-14H2,1H3,(H,21,23)/t15-/m0/s1. The molecule has 4 heteroatoms. The summed E-state index contributed by atoms with van der Waals surface area (Å²) in [6.45, 7) is 5.40. The molecule has 0 aromatic heterocycles. The van der Waals surface area contributed by atoms with Crippen molar-refractivity contribution in [3.8, 4) is 11.1 Å². The molecule has 0 unspecified atom stereocenters. The first kappa shape index (κ1) is 15.7. The van der Waals surface area contributed by atoms with E-state index in [0.717, 1.165) is 30.9 Å². The number of carbonyl (C=O) groups excluding carboxylic acids is 1. The number of rotatable bonds is 4. The quantitative estimate of drug-likeness (QED) is 0.912. The third-order valence-electron chi connectivity index (χ3n) is 4.26. The van der Waals surface area contributed by atoms with Crippen LogP contribution in [0.4, 0.5) is 5.69 Å². The smallest absolute Gasteiger partial charge is 0.238 e. The molecule has 23 heavy (non-hydrogen) atoms. The van der Waals surface area contributed by atoms with Crippen molar-refractivity contribution in [1.82, 2.24) is 10.2 Å². The third kappa shape index (κ3) is 4.18. The SMILES string of the molecule is C[C@H]1CNCCN1CC(=O)Nc1ccc(-c2ccccc2)cc1. The van der Waals surface area contributed by atoms with E-state index in [2.05, 4.69) is 34.6 Å². The highest BCUT2D eigenvalue weighted by Crippen LogP contribution is 2.21. The molecule has 1 heterocycles. The summed E-state index contributed by atoms with van der Waals surface area (Å²) in [7, 11) is 0. The number of hydrogen-bond donors (Lipinski definition) is 2. The van der Waals surface area contributed by atoms with Crippen molar-refractivity contribution in [2.24, 2.45) is 0 Å². The highest BCUT2D eigenvalue weighted by molar-refractivity contribution is 5.92. The van der Waals surface area contributed by atoms with Gasteiger partial charge in [0.2, 0.25) is 5.91 Å². The molecule has 3 rings (SSSR count). The first-order valence-corrected chi connectivity index (χ1v) is 8.12. The summed E-state index contributed by atoms with van der Waals surface area (Å²) in [6.07, 6.45) is 0. The average Bonchev–Trinajstić information content (AvgIpc) is 2.58. The number of carbonyl (C=O) groups is 1. The molecule has 120 valence electrons. The zero-order valence-corrected chi connectivity index (χ0v) is 13.5. The largest absolute Gasteiger partial charge is 0.325 e. The minimum Gasteiger partial charge on any atom is -0.325 e. The van der Waals surface area contributed by atoms with Gasteiger partial charge in [-0.1, -0.05) is 42.5 Å². The lowest BCUT2D eigenvalue weighted by Crippen LogP contribution is -2.51. The van der Waals surface area contributed by atoms with Gasteiger partial charge in [-0.25, -0.2) is 0 Å². The molecule has 2 N–H and O–H groups in total. The van der Waals surface area contributed by atoms with Crippen LogP contribution in [0.3, 0.4) is 0 Å². The Labute approximate surface area is 137 Å². The lowest BCUT2D eigenvalue weighted by molar-refractivity contribution is -0.118. The zero-order chi connectivity index (χ0) is 16.1. The minimum absolute atomic E-state index is 0.0474. The van der Waals surface area contributed by atoms with Crippen LogP contribution in [0.5, 0.6) is 0 Å². The number of hydrogen-bond acceptors (Lipinski definition) is 3. The lowest BCUT2D eigenvalue weighted by atomic mass is 10.1. The van der Waals surface area contributed by atoms with E-state index in [4.69, 9.17) is 0 Å². The van der Waals surface area contributed by atoms with Gasteiger partial charge in [0.15, 0.2) is 0 Å². The van der Waals surface area contributed by atoms with E-state index < -0.39 is 0 Å². The molecule has 1 saturated heterocycles. The predicted molar refractivity (Wildman–Crippen MR) is 94.4 cm³/mol. The van der Waals surface area contributed by atoms with Crippen LogP contribution in [0, 0.1) is 0 Å². The Hall–Kier alpha value is -2.17. The van der Waals surface area contributed by atoms with Crippen LogP contribution >= 0.6 is 0 Å². The second-order valence-corrected chi connectivity index (χ2v) is 6.02. The van der Waals surface area contributed by atoms with Crippen LogP contribution in [0.15, 0.2) is 54.6 Å². The Kier molecular flexibility index (Phi) is 5.05. The van der Waals surface area contributed by atoms with Gasteiger partial charge < -0.3 is 10.6 Å². The van der Waals surface area contributed by atoms with E-state index in [0.29, 0.717) is 12.6 Å². The first-order chi connectivity index (χ1) is 11.2. The maximum Gasteiger partial charge on any atom is 0.238 e. The number of amides is 1. The molecule has 2 aromatic rings. The van der Waals surface area contributed by atoms with Crippen LogP contribution in [0.1, 0.15) is 6.92 Å². The topological polar surface area (TPSA) is 44.4 Å². The number of piperazine rings is 1. The van der Waals surface area contributed by atoms with E-state index in [9.17, 15) is 4.79 Å². The Morgan fingerprint density at radius 3 is 2.52 bits per heavy atom. The highest BCUT2D eigenvalue weighted by atomic mass is 16.2. The number of anilines is 1. The van der Waals surface area contributed by atoms with Crippen molar-refractivity contribution >= 4 is 11.6 Å². The van der Waals surface area contributed by atoms with E-state index in [1.807, 2.05) is 42.5 Å². The molecule has 1 amide bonds. The molecule has 1 aliphatic heterocycles. The van der Waals surface area contributed by atoms with Gasteiger partial charge in [-0.15, -0.1) is 0 Å². The lowest BCUT2D eigenvalue weighted by Gasteiger charge is -2.33. The summed E-state index contributed by atoms with van der Waals surface area (Å²) in [5, 5.41) is 6.32. The predicted octanol–water partition coefficient (Wildman–Crippen LogP) is 2.59. The van der Waals surface area contributed by atoms with Crippen LogP contribution in [0.2, 0.25) is 0 Å². The Morgan fingerprint density at radius 1 is 1.13 bits per heavy atom. The van der Waals surface area contributed by atoms with Gasteiger partial charge in [-0.3, -0.25) is 9.69 Å². The summed E-state index contributed by atoms with van der Waals surface area (Å²) < 4.78 is 0. The normalized spacial score (nSPS) is 18.6. The van der Waals surface area contributed by atoms with Gasteiger partial charge in [0, 0.05) is 31.4 Å². The van der Waals surface area contributed by atoms with Crippen molar-refractivity contribution < 1.29 is 4.79 Å². The number of nitrogens with one attached hydrogen (secondary N) is 2. The second kappa shape index (κ2) is 7.40. The highest BCUT2D eigenvalue weighted by Gasteiger charge is 2.20. The van der Waals surface area contributed by atoms with Crippen molar-refractivity contribution in [3.05, 3.63) is 54.6 Å². The molecule has 4 nitrogen and oxygen atoms in total. The molecule has 0 spiro atoms. The van der Waals surface area contributed by atoms with Crippen molar-refractivity contribution in [2.45, 2.75) is 13.0 Å². The van der Waals surface area contributed by atoms with Crippen molar-refractivity contribution in [1.29, 1.82) is 0 Å². The summed E-state index contributed by atoms with van der Waals surface area (Å²) in [5.74, 6) is 0.0474. The van der Waals surface area contributed by atoms with Gasteiger partial charge >= 0.3 is 0 Å². The molecular formula is C19H23N3O. The van der Waals surface area contributed by atoms with Gasteiger partial charge in [-0.2, -0.15) is 0 Å². The van der Waals surface area contributed by atoms with Crippen LogP contribution in [-0.4, -0.2) is 43.0 Å². The minimum atomic E-state index is 0.0474. The second-order valence-electron chi connectivity index (χ2n) is 6.02. The fraction of sp³-hybridized carbons (Fsp3) is 0.316. The Morgan fingerprint density at radius 2 is 1.83 bits per heavy atom. The molecule has 0 radical (unpaired) electrons. The number of nitrogens with zero attached hydrogens (tertiary/aromatic N) is 1.